The number of hydrogen-bond acceptors (Lipinski definition) is 3. The van der Waals surface area contributed by atoms with Crippen molar-refractivity contribution in [3.8, 4) is 0 Å². The highest BCUT2D eigenvalue weighted by molar-refractivity contribution is 7.98. The predicted molar refractivity (Wildman–Crippen MR) is 65.9 cm³/mol. The molecule has 1 aromatic rings. The first-order valence-electron chi connectivity index (χ1n) is 5.16. The van der Waals surface area contributed by atoms with Gasteiger partial charge in [-0.25, -0.2) is 13.2 Å². The van der Waals surface area contributed by atoms with Gasteiger partial charge in [-0.15, -0.1) is 0 Å². The first-order chi connectivity index (χ1) is 8.47. The summed E-state index contributed by atoms with van der Waals surface area (Å²) in [6.07, 6.45) is 2.28. The van der Waals surface area contributed by atoms with Crippen LogP contribution in [0.25, 0.3) is 0 Å². The molecule has 1 rings (SSSR count). The lowest BCUT2D eigenvalue weighted by Crippen LogP contribution is -2.36. The summed E-state index contributed by atoms with van der Waals surface area (Å²) in [7, 11) is 0. The molecule has 18 heavy (non-hydrogen) atoms. The molecular formula is C11H13F3N2OS. The minimum absolute atomic E-state index is 0.415. The number of benzene rings is 1. The molecule has 7 heteroatoms. The zero-order chi connectivity index (χ0) is 13.7. The molecule has 0 bridgehead atoms. The van der Waals surface area contributed by atoms with E-state index in [4.69, 9.17) is 5.73 Å². The van der Waals surface area contributed by atoms with Crippen LogP contribution in [0.3, 0.4) is 0 Å². The molecule has 0 fully saturated rings. The fraction of sp³-hybridized carbons (Fsp3) is 0.364. The van der Waals surface area contributed by atoms with Crippen LogP contribution in [0.4, 0.5) is 18.9 Å². The third-order valence-corrected chi connectivity index (χ3v) is 2.91. The number of hydrogen-bond donors (Lipinski definition) is 2. The van der Waals surface area contributed by atoms with Gasteiger partial charge in [-0.1, -0.05) is 0 Å². The van der Waals surface area contributed by atoms with Gasteiger partial charge in [-0.3, -0.25) is 4.79 Å². The van der Waals surface area contributed by atoms with E-state index in [1.807, 2.05) is 6.26 Å². The maximum Gasteiger partial charge on any atom is 0.241 e. The van der Waals surface area contributed by atoms with Crippen LogP contribution in [0.5, 0.6) is 0 Å². The molecule has 0 spiro atoms. The summed E-state index contributed by atoms with van der Waals surface area (Å²) < 4.78 is 38.8. The van der Waals surface area contributed by atoms with E-state index in [1.165, 1.54) is 11.8 Å². The number of rotatable bonds is 5. The second-order valence-corrected chi connectivity index (χ2v) is 4.59. The summed E-state index contributed by atoms with van der Waals surface area (Å²) in [5, 5.41) is 2.13. The van der Waals surface area contributed by atoms with Crippen LogP contribution in [-0.4, -0.2) is 24.0 Å². The summed E-state index contributed by atoms with van der Waals surface area (Å²) in [6.45, 7) is 0. The van der Waals surface area contributed by atoms with Crippen molar-refractivity contribution in [1.82, 2.24) is 0 Å². The van der Waals surface area contributed by atoms with Gasteiger partial charge < -0.3 is 11.1 Å². The number of thioether (sulfide) groups is 1. The molecule has 0 radical (unpaired) electrons. The predicted octanol–water partition coefficient (Wildman–Crippen LogP) is 2.12. The van der Waals surface area contributed by atoms with Crippen molar-refractivity contribution in [1.29, 1.82) is 0 Å². The van der Waals surface area contributed by atoms with Crippen LogP contribution in [0.1, 0.15) is 6.42 Å². The van der Waals surface area contributed by atoms with Crippen LogP contribution in [0.2, 0.25) is 0 Å². The van der Waals surface area contributed by atoms with E-state index in [2.05, 4.69) is 5.32 Å². The quantitative estimate of drug-likeness (QED) is 0.811. The topological polar surface area (TPSA) is 55.1 Å². The van der Waals surface area contributed by atoms with Gasteiger partial charge in [0, 0.05) is 0 Å². The lowest BCUT2D eigenvalue weighted by molar-refractivity contribution is -0.117. The van der Waals surface area contributed by atoms with Gasteiger partial charge >= 0.3 is 0 Å². The van der Waals surface area contributed by atoms with Gasteiger partial charge in [-0.05, 0) is 30.6 Å². The van der Waals surface area contributed by atoms with E-state index in [1.54, 1.807) is 0 Å². The second kappa shape index (κ2) is 6.65. The van der Waals surface area contributed by atoms with Crippen molar-refractivity contribution < 1.29 is 18.0 Å². The highest BCUT2D eigenvalue weighted by atomic mass is 32.2. The van der Waals surface area contributed by atoms with Crippen LogP contribution in [0, 0.1) is 17.5 Å². The first kappa shape index (κ1) is 14.8. The average molecular weight is 278 g/mol. The Bertz CT molecular complexity index is 443. The monoisotopic (exact) mass is 278 g/mol. The Morgan fingerprint density at radius 3 is 2.67 bits per heavy atom. The van der Waals surface area contributed by atoms with E-state index in [-0.39, 0.29) is 0 Å². The van der Waals surface area contributed by atoms with Crippen LogP contribution in [-0.2, 0) is 4.79 Å². The van der Waals surface area contributed by atoms with E-state index < -0.39 is 35.1 Å². The number of anilines is 1. The van der Waals surface area contributed by atoms with Crippen molar-refractivity contribution in [2.75, 3.05) is 17.3 Å². The normalized spacial score (nSPS) is 12.3. The van der Waals surface area contributed by atoms with Crippen molar-refractivity contribution in [3.05, 3.63) is 29.6 Å². The van der Waals surface area contributed by atoms with Crippen LogP contribution >= 0.6 is 11.8 Å². The van der Waals surface area contributed by atoms with Crippen LogP contribution in [0.15, 0.2) is 12.1 Å². The number of halogens is 3. The zero-order valence-corrected chi connectivity index (χ0v) is 10.5. The minimum atomic E-state index is -1.62. The molecule has 1 atom stereocenters. The Hall–Kier alpha value is -1.21. The molecule has 0 aliphatic rings. The van der Waals surface area contributed by atoms with Crippen LogP contribution < -0.4 is 11.1 Å². The maximum atomic E-state index is 13.3. The number of nitrogens with two attached hydrogens (primary N) is 1. The average Bonchev–Trinajstić information content (AvgIpc) is 2.36. The number of nitrogens with one attached hydrogen (secondary N) is 1. The van der Waals surface area contributed by atoms with Crippen molar-refractivity contribution in [2.45, 2.75) is 12.5 Å². The Labute approximate surface area is 107 Å². The standard InChI is InChI=1S/C11H13F3N2OS/c1-18-5-4-7(15)11(17)16-8-3-2-6(12)9(13)10(8)14/h2-3,7H,4-5,15H2,1H3,(H,16,17)/t7-/m0/s1. The largest absolute Gasteiger partial charge is 0.322 e. The van der Waals surface area contributed by atoms with Gasteiger partial charge in [0.1, 0.15) is 0 Å². The van der Waals surface area contributed by atoms with Crippen molar-refractivity contribution in [3.63, 3.8) is 0 Å². The molecule has 0 aliphatic heterocycles. The summed E-state index contributed by atoms with van der Waals surface area (Å²) in [5.74, 6) is -4.31. The highest BCUT2D eigenvalue weighted by Crippen LogP contribution is 2.19. The molecule has 100 valence electrons. The number of carbonyl (C=O) groups excluding carboxylic acids is 1. The summed E-state index contributed by atoms with van der Waals surface area (Å²) in [6, 6.07) is 0.874. The summed E-state index contributed by atoms with van der Waals surface area (Å²) >= 11 is 1.52. The third kappa shape index (κ3) is 3.64. The third-order valence-electron chi connectivity index (χ3n) is 2.26. The van der Waals surface area contributed by atoms with E-state index in [0.29, 0.717) is 12.2 Å². The molecule has 0 unspecified atom stereocenters. The van der Waals surface area contributed by atoms with Gasteiger partial charge in [0.15, 0.2) is 17.5 Å². The molecular weight excluding hydrogens is 265 g/mol. The van der Waals surface area contributed by atoms with E-state index in [0.717, 1.165) is 12.1 Å². The van der Waals surface area contributed by atoms with Gasteiger partial charge in [0.25, 0.3) is 0 Å². The van der Waals surface area contributed by atoms with Gasteiger partial charge in [0.05, 0.1) is 11.7 Å². The minimum Gasteiger partial charge on any atom is -0.322 e. The SMILES string of the molecule is CSCC[C@H](N)C(=O)Nc1ccc(F)c(F)c1F. The fourth-order valence-electron chi connectivity index (χ4n) is 1.22. The number of amides is 1. The molecule has 0 aromatic heterocycles. The molecule has 0 saturated heterocycles. The molecule has 0 saturated carbocycles. The summed E-state index contributed by atoms with van der Waals surface area (Å²) in [5.41, 5.74) is 5.14. The molecule has 0 aliphatic carbocycles. The van der Waals surface area contributed by atoms with Crippen molar-refractivity contribution in [2.24, 2.45) is 5.73 Å². The Morgan fingerprint density at radius 2 is 2.06 bits per heavy atom. The van der Waals surface area contributed by atoms with E-state index in [9.17, 15) is 18.0 Å². The maximum absolute atomic E-state index is 13.3. The molecule has 3 nitrogen and oxygen atoms in total. The van der Waals surface area contributed by atoms with Gasteiger partial charge in [0.2, 0.25) is 5.91 Å². The molecule has 1 amide bonds. The first-order valence-corrected chi connectivity index (χ1v) is 6.55. The smallest absolute Gasteiger partial charge is 0.241 e. The molecule has 3 N–H and O–H groups in total. The van der Waals surface area contributed by atoms with E-state index >= 15 is 0 Å². The van der Waals surface area contributed by atoms with Gasteiger partial charge in [-0.2, -0.15) is 11.8 Å². The lowest BCUT2D eigenvalue weighted by atomic mass is 10.2. The molecule has 1 aromatic carbocycles. The lowest BCUT2D eigenvalue weighted by Gasteiger charge is -2.12. The van der Waals surface area contributed by atoms with Crippen molar-refractivity contribution >= 4 is 23.4 Å². The fourth-order valence-corrected chi connectivity index (χ4v) is 1.71. The highest BCUT2D eigenvalue weighted by Gasteiger charge is 2.18. The summed E-state index contributed by atoms with van der Waals surface area (Å²) in [4.78, 5) is 11.5. The Morgan fingerprint density at radius 1 is 1.39 bits per heavy atom. The number of carbonyl (C=O) groups is 1. The Kier molecular flexibility index (Phi) is 5.49. The zero-order valence-electron chi connectivity index (χ0n) is 9.67. The Balaban J connectivity index is 2.73. The molecule has 0 heterocycles. The second-order valence-electron chi connectivity index (χ2n) is 3.60.